The van der Waals surface area contributed by atoms with Crippen LogP contribution in [0.25, 0.3) is 10.6 Å². The second-order valence-electron chi connectivity index (χ2n) is 6.38. The van der Waals surface area contributed by atoms with Gasteiger partial charge >= 0.3 is 0 Å². The number of carbonyl (C=O) groups excluding carboxylic acids is 1. The molecule has 4 heterocycles. The number of hydrogen-bond acceptors (Lipinski definition) is 6. The van der Waals surface area contributed by atoms with Gasteiger partial charge < -0.3 is 10.1 Å². The van der Waals surface area contributed by atoms with Crippen LogP contribution in [0.3, 0.4) is 0 Å². The summed E-state index contributed by atoms with van der Waals surface area (Å²) in [6, 6.07) is 1.93. The molecule has 0 spiro atoms. The van der Waals surface area contributed by atoms with Crippen molar-refractivity contribution in [3.8, 4) is 10.6 Å². The van der Waals surface area contributed by atoms with E-state index in [4.69, 9.17) is 4.74 Å². The monoisotopic (exact) mass is 372 g/mol. The third-order valence-corrected chi connectivity index (χ3v) is 5.45. The van der Waals surface area contributed by atoms with Crippen molar-refractivity contribution in [3.05, 3.63) is 35.2 Å². The van der Waals surface area contributed by atoms with Crippen molar-refractivity contribution in [1.82, 2.24) is 24.5 Å². The third-order valence-electron chi connectivity index (χ3n) is 4.40. The molecule has 3 aromatic rings. The Kier molecular flexibility index (Phi) is 4.56. The first-order valence-electron chi connectivity index (χ1n) is 8.48. The second-order valence-corrected chi connectivity index (χ2v) is 7.41. The van der Waals surface area contributed by atoms with Crippen molar-refractivity contribution in [2.45, 2.75) is 18.8 Å². The molecule has 0 radical (unpaired) electrons. The maximum Gasteiger partial charge on any atom is 0.268 e. The highest BCUT2D eigenvalue weighted by Gasteiger charge is 2.21. The van der Waals surface area contributed by atoms with Gasteiger partial charge in [-0.3, -0.25) is 14.2 Å². The number of hydrogen-bond donors (Lipinski definition) is 1. The van der Waals surface area contributed by atoms with E-state index in [1.165, 1.54) is 11.3 Å². The molecule has 3 aromatic heterocycles. The van der Waals surface area contributed by atoms with Crippen LogP contribution in [-0.4, -0.2) is 43.7 Å². The van der Waals surface area contributed by atoms with Crippen molar-refractivity contribution in [3.63, 3.8) is 0 Å². The number of carbonyl (C=O) groups is 1. The molecule has 4 rings (SSSR count). The van der Waals surface area contributed by atoms with Gasteiger partial charge in [0.2, 0.25) is 0 Å². The van der Waals surface area contributed by atoms with Gasteiger partial charge in [0.25, 0.3) is 5.91 Å². The molecule has 1 fully saturated rings. The van der Waals surface area contributed by atoms with Gasteiger partial charge in [0.05, 0.1) is 24.7 Å². The van der Waals surface area contributed by atoms with Crippen LogP contribution in [0.15, 0.2) is 24.7 Å². The molecule has 1 amide bonds. The van der Waals surface area contributed by atoms with E-state index in [2.05, 4.69) is 20.5 Å². The van der Waals surface area contributed by atoms with Gasteiger partial charge in [0.1, 0.15) is 15.7 Å². The standard InChI is InChI=1S/C17H20N6O2S/c1-22-9-12(7-19-22)17-18-8-14(26-17)16(24)20-15-6-13(21-23(15)2)11-4-3-5-25-10-11/h6-9,11H,3-5,10H2,1-2H3,(H,20,24). The van der Waals surface area contributed by atoms with Gasteiger partial charge in [-0.25, -0.2) is 4.98 Å². The highest BCUT2D eigenvalue weighted by atomic mass is 32.1. The average Bonchev–Trinajstić information content (AvgIpc) is 3.36. The molecular weight excluding hydrogens is 352 g/mol. The fourth-order valence-electron chi connectivity index (χ4n) is 3.00. The lowest BCUT2D eigenvalue weighted by Gasteiger charge is -2.19. The van der Waals surface area contributed by atoms with Crippen LogP contribution in [0.2, 0.25) is 0 Å². The maximum atomic E-state index is 12.6. The Hall–Kier alpha value is -2.52. The molecule has 1 aliphatic heterocycles. The van der Waals surface area contributed by atoms with Crippen molar-refractivity contribution in [2.24, 2.45) is 14.1 Å². The lowest BCUT2D eigenvalue weighted by molar-refractivity contribution is 0.0791. The lowest BCUT2D eigenvalue weighted by atomic mass is 9.99. The summed E-state index contributed by atoms with van der Waals surface area (Å²) in [5.41, 5.74) is 1.86. The number of aryl methyl sites for hydroxylation is 2. The Morgan fingerprint density at radius 2 is 2.27 bits per heavy atom. The van der Waals surface area contributed by atoms with Crippen LogP contribution in [0, 0.1) is 0 Å². The Labute approximate surface area is 154 Å². The summed E-state index contributed by atoms with van der Waals surface area (Å²) < 4.78 is 8.94. The molecule has 1 saturated heterocycles. The molecular formula is C17H20N6O2S. The molecule has 26 heavy (non-hydrogen) atoms. The molecule has 1 atom stereocenters. The van der Waals surface area contributed by atoms with Gasteiger partial charge in [-0.05, 0) is 12.8 Å². The molecule has 9 heteroatoms. The molecule has 0 aliphatic carbocycles. The van der Waals surface area contributed by atoms with E-state index in [-0.39, 0.29) is 5.91 Å². The van der Waals surface area contributed by atoms with Crippen molar-refractivity contribution < 1.29 is 9.53 Å². The highest BCUT2D eigenvalue weighted by molar-refractivity contribution is 7.17. The summed E-state index contributed by atoms with van der Waals surface area (Å²) in [6.45, 7) is 1.51. The number of anilines is 1. The quantitative estimate of drug-likeness (QED) is 0.760. The molecule has 1 aliphatic rings. The number of aromatic nitrogens is 5. The van der Waals surface area contributed by atoms with Crippen LogP contribution >= 0.6 is 11.3 Å². The minimum atomic E-state index is -0.188. The normalized spacial score (nSPS) is 17.4. The van der Waals surface area contributed by atoms with Gasteiger partial charge in [0, 0.05) is 44.4 Å². The van der Waals surface area contributed by atoms with Gasteiger partial charge in [-0.15, -0.1) is 11.3 Å². The summed E-state index contributed by atoms with van der Waals surface area (Å²) in [4.78, 5) is 17.5. The fraction of sp³-hybridized carbons (Fsp3) is 0.412. The molecule has 0 saturated carbocycles. The summed E-state index contributed by atoms with van der Waals surface area (Å²) >= 11 is 1.34. The van der Waals surface area contributed by atoms with E-state index in [0.29, 0.717) is 23.2 Å². The summed E-state index contributed by atoms with van der Waals surface area (Å²) in [7, 11) is 3.68. The first kappa shape index (κ1) is 16.9. The van der Waals surface area contributed by atoms with Crippen LogP contribution in [-0.2, 0) is 18.8 Å². The fourth-order valence-corrected chi connectivity index (χ4v) is 3.79. The zero-order valence-electron chi connectivity index (χ0n) is 14.7. The van der Waals surface area contributed by atoms with Gasteiger partial charge in [-0.1, -0.05) is 0 Å². The van der Waals surface area contributed by atoms with E-state index >= 15 is 0 Å². The zero-order chi connectivity index (χ0) is 18.1. The van der Waals surface area contributed by atoms with Crippen LogP contribution in [0.5, 0.6) is 0 Å². The first-order chi connectivity index (χ1) is 12.6. The van der Waals surface area contributed by atoms with E-state index in [9.17, 15) is 4.79 Å². The van der Waals surface area contributed by atoms with Crippen molar-refractivity contribution in [1.29, 1.82) is 0 Å². The number of thiazole rings is 1. The minimum Gasteiger partial charge on any atom is -0.381 e. The number of rotatable bonds is 4. The van der Waals surface area contributed by atoms with Gasteiger partial charge in [0.15, 0.2) is 0 Å². The lowest BCUT2D eigenvalue weighted by Crippen LogP contribution is -2.16. The topological polar surface area (TPSA) is 86.9 Å². The predicted molar refractivity (Wildman–Crippen MR) is 98.3 cm³/mol. The van der Waals surface area contributed by atoms with E-state index in [1.807, 2.05) is 26.4 Å². The van der Waals surface area contributed by atoms with Crippen LogP contribution in [0.1, 0.15) is 34.1 Å². The Bertz CT molecular complexity index is 921. The number of nitrogens with one attached hydrogen (secondary N) is 1. The summed E-state index contributed by atoms with van der Waals surface area (Å²) in [6.07, 6.45) is 7.31. The van der Waals surface area contributed by atoms with Crippen LogP contribution < -0.4 is 5.32 Å². The molecule has 0 bridgehead atoms. The highest BCUT2D eigenvalue weighted by Crippen LogP contribution is 2.28. The number of nitrogens with zero attached hydrogens (tertiary/aromatic N) is 5. The summed E-state index contributed by atoms with van der Waals surface area (Å²) in [5.74, 6) is 0.778. The largest absolute Gasteiger partial charge is 0.381 e. The second kappa shape index (κ2) is 7.00. The van der Waals surface area contributed by atoms with E-state index in [0.717, 1.165) is 35.7 Å². The average molecular weight is 372 g/mol. The number of amides is 1. The first-order valence-corrected chi connectivity index (χ1v) is 9.29. The third kappa shape index (κ3) is 3.40. The minimum absolute atomic E-state index is 0.188. The number of ether oxygens (including phenoxy) is 1. The van der Waals surface area contributed by atoms with Crippen molar-refractivity contribution in [2.75, 3.05) is 18.5 Å². The summed E-state index contributed by atoms with van der Waals surface area (Å²) in [5, 5.41) is 12.4. The van der Waals surface area contributed by atoms with E-state index in [1.54, 1.807) is 21.8 Å². The molecule has 8 nitrogen and oxygen atoms in total. The SMILES string of the molecule is Cn1cc(-c2ncc(C(=O)Nc3cc(C4CCCOC4)nn3C)s2)cn1. The zero-order valence-corrected chi connectivity index (χ0v) is 15.5. The van der Waals surface area contributed by atoms with Crippen LogP contribution in [0.4, 0.5) is 5.82 Å². The predicted octanol–water partition coefficient (Wildman–Crippen LogP) is 2.42. The Morgan fingerprint density at radius 3 is 3.00 bits per heavy atom. The van der Waals surface area contributed by atoms with E-state index < -0.39 is 0 Å². The van der Waals surface area contributed by atoms with Crippen molar-refractivity contribution >= 4 is 23.1 Å². The molecule has 0 aromatic carbocycles. The smallest absolute Gasteiger partial charge is 0.268 e. The molecule has 1 unspecified atom stereocenters. The molecule has 1 N–H and O–H groups in total. The Balaban J connectivity index is 1.48. The Morgan fingerprint density at radius 1 is 1.38 bits per heavy atom. The molecule has 136 valence electrons. The maximum absolute atomic E-state index is 12.6. The van der Waals surface area contributed by atoms with Gasteiger partial charge in [-0.2, -0.15) is 10.2 Å².